The Morgan fingerprint density at radius 1 is 1.05 bits per heavy atom. The van der Waals surface area contributed by atoms with E-state index in [0.29, 0.717) is 0 Å². The maximum absolute atomic E-state index is 3.52. The van der Waals surface area contributed by atoms with Crippen LogP contribution in [0.25, 0.3) is 0 Å². The Hall–Kier alpha value is -0.760. The highest BCUT2D eigenvalue weighted by Crippen LogP contribution is 2.39. The lowest BCUT2D eigenvalue weighted by atomic mass is 9.79. The van der Waals surface area contributed by atoms with Crippen LogP contribution in [0.1, 0.15) is 56.9 Å². The second kappa shape index (κ2) is 7.00. The van der Waals surface area contributed by atoms with Gasteiger partial charge in [-0.2, -0.15) is 0 Å². The number of nitrogens with zero attached hydrogens (tertiary/aromatic N) is 1. The molecule has 0 heterocycles. The predicted octanol–water partition coefficient (Wildman–Crippen LogP) is 5.90. The third-order valence-electron chi connectivity index (χ3n) is 5.06. The first-order valence-corrected chi connectivity index (χ1v) is 9.21. The van der Waals surface area contributed by atoms with Crippen molar-refractivity contribution in [3.63, 3.8) is 0 Å². The molecule has 0 radical (unpaired) electrons. The number of rotatable bonds is 4. The molecule has 0 saturated heterocycles. The Labute approximate surface area is 137 Å². The van der Waals surface area contributed by atoms with Crippen LogP contribution in [0.2, 0.25) is 0 Å². The largest absolute Gasteiger partial charge is 0.373 e. The topological polar surface area (TPSA) is 3.24 Å². The zero-order valence-electron chi connectivity index (χ0n) is 13.1. The number of allylic oxidation sites excluding steroid dienone is 2. The van der Waals surface area contributed by atoms with Crippen molar-refractivity contribution in [1.82, 2.24) is 4.90 Å². The Bertz CT molecular complexity index is 491. The van der Waals surface area contributed by atoms with Crippen LogP contribution in [0.5, 0.6) is 0 Å². The van der Waals surface area contributed by atoms with Crippen LogP contribution in [0.3, 0.4) is 0 Å². The highest BCUT2D eigenvalue weighted by atomic mass is 79.9. The van der Waals surface area contributed by atoms with Gasteiger partial charge in [0.2, 0.25) is 0 Å². The average molecular weight is 348 g/mol. The third kappa shape index (κ3) is 3.71. The maximum atomic E-state index is 3.52. The normalized spacial score (nSPS) is 19.2. The summed E-state index contributed by atoms with van der Waals surface area (Å²) in [6, 6.07) is 8.79. The molecule has 1 aromatic rings. The van der Waals surface area contributed by atoms with Gasteiger partial charge in [0, 0.05) is 23.8 Å². The van der Waals surface area contributed by atoms with Gasteiger partial charge in [0.15, 0.2) is 0 Å². The molecule has 0 atom stereocenters. The van der Waals surface area contributed by atoms with Crippen molar-refractivity contribution in [3.05, 3.63) is 45.6 Å². The molecule has 0 amide bonds. The minimum absolute atomic E-state index is 0.828. The number of hydrogen-bond acceptors (Lipinski definition) is 1. The minimum Gasteiger partial charge on any atom is -0.373 e. The van der Waals surface area contributed by atoms with Gasteiger partial charge in [-0.1, -0.05) is 52.9 Å². The van der Waals surface area contributed by atoms with E-state index in [1.165, 1.54) is 61.4 Å². The van der Waals surface area contributed by atoms with Crippen molar-refractivity contribution >= 4 is 15.9 Å². The van der Waals surface area contributed by atoms with Crippen LogP contribution >= 0.6 is 15.9 Å². The summed E-state index contributed by atoms with van der Waals surface area (Å²) in [7, 11) is 2.30. The monoisotopic (exact) mass is 347 g/mol. The Morgan fingerprint density at radius 3 is 2.29 bits per heavy atom. The fourth-order valence-electron chi connectivity index (χ4n) is 3.80. The number of hydrogen-bond donors (Lipinski definition) is 0. The molecule has 2 aliphatic carbocycles. The zero-order chi connectivity index (χ0) is 14.7. The zero-order valence-corrected chi connectivity index (χ0v) is 14.7. The van der Waals surface area contributed by atoms with E-state index >= 15 is 0 Å². The first kappa shape index (κ1) is 15.1. The van der Waals surface area contributed by atoms with E-state index in [1.54, 1.807) is 11.3 Å². The summed E-state index contributed by atoms with van der Waals surface area (Å²) in [6.45, 7) is 1.04. The first-order chi connectivity index (χ1) is 10.2. The van der Waals surface area contributed by atoms with E-state index in [1.807, 2.05) is 0 Å². The SMILES string of the molecule is CN(Cc1ccc(Br)cc1)C(=C1CCC1)C1CCCCC1. The summed E-state index contributed by atoms with van der Waals surface area (Å²) < 4.78 is 1.17. The average Bonchev–Trinajstić information content (AvgIpc) is 2.46. The molecular weight excluding hydrogens is 322 g/mol. The second-order valence-electron chi connectivity index (χ2n) is 6.66. The summed E-state index contributed by atoms with van der Waals surface area (Å²) in [4.78, 5) is 2.55. The summed E-state index contributed by atoms with van der Waals surface area (Å²) >= 11 is 3.52. The molecule has 0 N–H and O–H groups in total. The number of benzene rings is 1. The Kier molecular flexibility index (Phi) is 5.05. The first-order valence-electron chi connectivity index (χ1n) is 8.41. The van der Waals surface area contributed by atoms with Crippen molar-refractivity contribution < 1.29 is 0 Å². The van der Waals surface area contributed by atoms with Crippen molar-refractivity contribution in [2.24, 2.45) is 5.92 Å². The van der Waals surface area contributed by atoms with Crippen molar-refractivity contribution in [2.75, 3.05) is 7.05 Å². The van der Waals surface area contributed by atoms with Crippen LogP contribution in [-0.2, 0) is 6.54 Å². The van der Waals surface area contributed by atoms with E-state index in [-0.39, 0.29) is 0 Å². The van der Waals surface area contributed by atoms with Gasteiger partial charge in [-0.3, -0.25) is 0 Å². The van der Waals surface area contributed by atoms with Gasteiger partial charge in [-0.05, 0) is 55.7 Å². The van der Waals surface area contributed by atoms with Crippen LogP contribution < -0.4 is 0 Å². The highest BCUT2D eigenvalue weighted by molar-refractivity contribution is 9.10. The molecule has 0 spiro atoms. The third-order valence-corrected chi connectivity index (χ3v) is 5.58. The van der Waals surface area contributed by atoms with Crippen molar-refractivity contribution in [3.8, 4) is 0 Å². The molecule has 0 aliphatic heterocycles. The smallest absolute Gasteiger partial charge is 0.0423 e. The molecule has 21 heavy (non-hydrogen) atoms. The van der Waals surface area contributed by atoms with Crippen LogP contribution in [0.4, 0.5) is 0 Å². The van der Waals surface area contributed by atoms with E-state index < -0.39 is 0 Å². The standard InChI is InChI=1S/C19H26BrN/c1-21(14-15-10-12-18(20)13-11-15)19(17-8-5-9-17)16-6-3-2-4-7-16/h10-13,16H,2-9,14H2,1H3. The molecule has 2 fully saturated rings. The van der Waals surface area contributed by atoms with Gasteiger partial charge in [-0.25, -0.2) is 0 Å². The van der Waals surface area contributed by atoms with E-state index in [2.05, 4.69) is 52.1 Å². The molecule has 0 aromatic heterocycles. The van der Waals surface area contributed by atoms with Crippen LogP contribution in [-0.4, -0.2) is 11.9 Å². The number of halogens is 1. The maximum Gasteiger partial charge on any atom is 0.0423 e. The van der Waals surface area contributed by atoms with E-state index in [4.69, 9.17) is 0 Å². The predicted molar refractivity (Wildman–Crippen MR) is 93.1 cm³/mol. The van der Waals surface area contributed by atoms with E-state index in [9.17, 15) is 0 Å². The van der Waals surface area contributed by atoms with Gasteiger partial charge in [0.1, 0.15) is 0 Å². The lowest BCUT2D eigenvalue weighted by molar-refractivity contribution is 0.286. The van der Waals surface area contributed by atoms with Crippen molar-refractivity contribution in [1.29, 1.82) is 0 Å². The molecule has 0 unspecified atom stereocenters. The van der Waals surface area contributed by atoms with Gasteiger partial charge >= 0.3 is 0 Å². The van der Waals surface area contributed by atoms with E-state index in [0.717, 1.165) is 12.5 Å². The van der Waals surface area contributed by atoms with Crippen LogP contribution in [0.15, 0.2) is 40.0 Å². The van der Waals surface area contributed by atoms with Gasteiger partial charge in [0.25, 0.3) is 0 Å². The Balaban J connectivity index is 1.74. The minimum atomic E-state index is 0.828. The fourth-order valence-corrected chi connectivity index (χ4v) is 4.07. The van der Waals surface area contributed by atoms with Crippen LogP contribution in [0, 0.1) is 5.92 Å². The van der Waals surface area contributed by atoms with Gasteiger partial charge < -0.3 is 4.90 Å². The molecule has 2 heteroatoms. The van der Waals surface area contributed by atoms with Gasteiger partial charge in [0.05, 0.1) is 0 Å². The summed E-state index contributed by atoms with van der Waals surface area (Å²) in [5.41, 5.74) is 4.86. The summed E-state index contributed by atoms with van der Waals surface area (Å²) in [5.74, 6) is 0.828. The fraction of sp³-hybridized carbons (Fsp3) is 0.579. The summed E-state index contributed by atoms with van der Waals surface area (Å²) in [6.07, 6.45) is 11.2. The molecule has 2 aliphatic rings. The van der Waals surface area contributed by atoms with Gasteiger partial charge in [-0.15, -0.1) is 0 Å². The van der Waals surface area contributed by atoms with Crippen molar-refractivity contribution in [2.45, 2.75) is 57.9 Å². The lowest BCUT2D eigenvalue weighted by Gasteiger charge is -2.37. The molecule has 1 nitrogen and oxygen atoms in total. The second-order valence-corrected chi connectivity index (χ2v) is 7.58. The molecule has 0 bridgehead atoms. The lowest BCUT2D eigenvalue weighted by Crippen LogP contribution is -2.28. The molecule has 2 saturated carbocycles. The quantitative estimate of drug-likeness (QED) is 0.655. The molecule has 3 rings (SSSR count). The summed E-state index contributed by atoms with van der Waals surface area (Å²) in [5, 5.41) is 0. The molecule has 114 valence electrons. The molecule has 1 aromatic carbocycles. The Morgan fingerprint density at radius 2 is 1.71 bits per heavy atom. The highest BCUT2D eigenvalue weighted by Gasteiger charge is 2.26. The molecular formula is C19H26BrN.